The quantitative estimate of drug-likeness (QED) is 0.799. The van der Waals surface area contributed by atoms with Crippen LogP contribution in [-0.2, 0) is 15.0 Å². The first-order valence-electron chi connectivity index (χ1n) is 8.15. The molecule has 8 nitrogen and oxygen atoms in total. The van der Waals surface area contributed by atoms with E-state index in [1.807, 2.05) is 27.7 Å². The maximum absolute atomic E-state index is 12.5. The zero-order valence-corrected chi connectivity index (χ0v) is 15.0. The topological polar surface area (TPSA) is 93.0 Å². The monoisotopic (exact) mass is 334 g/mol. The molecule has 0 bridgehead atoms. The summed E-state index contributed by atoms with van der Waals surface area (Å²) in [5.74, 6) is 0.723. The summed E-state index contributed by atoms with van der Waals surface area (Å²) in [7, 11) is 0. The second-order valence-corrected chi connectivity index (χ2v) is 7.38. The van der Waals surface area contributed by atoms with Crippen molar-refractivity contribution in [1.82, 2.24) is 30.4 Å². The van der Waals surface area contributed by atoms with Crippen LogP contribution >= 0.6 is 0 Å². The van der Waals surface area contributed by atoms with Crippen LogP contribution in [0.4, 0.5) is 0 Å². The molecular weight excluding hydrogens is 308 g/mol. The number of amides is 2. The summed E-state index contributed by atoms with van der Waals surface area (Å²) in [5.41, 5.74) is -0.247. The number of nitrogens with zero attached hydrogens (tertiary/aromatic N) is 5. The highest BCUT2D eigenvalue weighted by molar-refractivity contribution is 5.87. The molecule has 0 aliphatic carbocycles. The Morgan fingerprint density at radius 2 is 1.96 bits per heavy atom. The third-order valence-corrected chi connectivity index (χ3v) is 4.38. The normalized spacial score (nSPS) is 17.8. The van der Waals surface area contributed by atoms with Gasteiger partial charge in [-0.05, 0) is 30.4 Å². The molecule has 2 heterocycles. The highest BCUT2D eigenvalue weighted by Crippen LogP contribution is 2.23. The molecule has 2 unspecified atom stereocenters. The van der Waals surface area contributed by atoms with Gasteiger partial charge in [0, 0.05) is 30.5 Å². The van der Waals surface area contributed by atoms with E-state index >= 15 is 0 Å². The van der Waals surface area contributed by atoms with Gasteiger partial charge < -0.3 is 10.2 Å². The number of hydrogen-bond acceptors (Lipinski definition) is 5. The van der Waals surface area contributed by atoms with Crippen molar-refractivity contribution in [2.75, 3.05) is 13.1 Å². The van der Waals surface area contributed by atoms with Gasteiger partial charge >= 0.3 is 0 Å². The predicted molar refractivity (Wildman–Crippen MR) is 89.1 cm³/mol. The highest BCUT2D eigenvalue weighted by atomic mass is 16.2. The number of hydrogen-bond donors (Lipinski definition) is 1. The lowest BCUT2D eigenvalue weighted by molar-refractivity contribution is -0.133. The van der Waals surface area contributed by atoms with Crippen molar-refractivity contribution < 1.29 is 9.59 Å². The Bertz CT molecular complexity index is 627. The average Bonchev–Trinajstić information content (AvgIpc) is 2.93. The molecular formula is C16H26N6O2. The Kier molecular flexibility index (Phi) is 5.05. The molecule has 8 heteroatoms. The van der Waals surface area contributed by atoms with Crippen LogP contribution in [-0.4, -0.2) is 56.1 Å². The number of tetrazole rings is 1. The Morgan fingerprint density at radius 1 is 1.33 bits per heavy atom. The first-order chi connectivity index (χ1) is 11.1. The summed E-state index contributed by atoms with van der Waals surface area (Å²) in [4.78, 5) is 25.7. The third-order valence-electron chi connectivity index (χ3n) is 4.38. The Hall–Kier alpha value is -2.25. The molecule has 1 aliphatic heterocycles. The van der Waals surface area contributed by atoms with Gasteiger partial charge in [0.05, 0.1) is 0 Å². The molecule has 0 aromatic carbocycles. The van der Waals surface area contributed by atoms with Crippen LogP contribution < -0.4 is 5.32 Å². The largest absolute Gasteiger partial charge is 0.351 e. The zero-order valence-electron chi connectivity index (χ0n) is 15.0. The van der Waals surface area contributed by atoms with E-state index in [1.54, 1.807) is 16.5 Å². The SMILES string of the molecule is C=CC(=O)N1CC(C(C)NC(=O)C(C)n2nnnc2C(C)(C)C)C1. The summed E-state index contributed by atoms with van der Waals surface area (Å²) in [6, 6.07) is -0.522. The molecule has 2 rings (SSSR count). The molecule has 0 radical (unpaired) electrons. The standard InChI is InChI=1S/C16H26N6O2/c1-7-13(23)21-8-12(9-21)10(2)17-14(24)11(3)22-15(16(4,5)6)18-19-20-22/h7,10-12H,1,8-9H2,2-6H3,(H,17,24). The van der Waals surface area contributed by atoms with Crippen LogP contribution in [0.3, 0.4) is 0 Å². The van der Waals surface area contributed by atoms with Crippen molar-refractivity contribution in [3.8, 4) is 0 Å². The molecule has 0 spiro atoms. The first kappa shape index (κ1) is 18.1. The van der Waals surface area contributed by atoms with Crippen molar-refractivity contribution in [1.29, 1.82) is 0 Å². The number of likely N-dealkylation sites (tertiary alicyclic amines) is 1. The van der Waals surface area contributed by atoms with Gasteiger partial charge in [0.1, 0.15) is 6.04 Å². The number of carbonyl (C=O) groups excluding carboxylic acids is 2. The maximum Gasteiger partial charge on any atom is 0.245 e. The van der Waals surface area contributed by atoms with Gasteiger partial charge in [-0.1, -0.05) is 27.4 Å². The Balaban J connectivity index is 1.94. The van der Waals surface area contributed by atoms with E-state index < -0.39 is 6.04 Å². The van der Waals surface area contributed by atoms with Crippen molar-refractivity contribution in [2.45, 2.75) is 52.1 Å². The summed E-state index contributed by atoms with van der Waals surface area (Å²) in [6.45, 7) is 14.5. The molecule has 1 aliphatic rings. The van der Waals surface area contributed by atoms with E-state index in [0.717, 1.165) is 0 Å². The first-order valence-corrected chi connectivity index (χ1v) is 8.15. The summed E-state index contributed by atoms with van der Waals surface area (Å²) in [5, 5.41) is 14.7. The van der Waals surface area contributed by atoms with Gasteiger partial charge in [-0.15, -0.1) is 5.10 Å². The van der Waals surface area contributed by atoms with Crippen molar-refractivity contribution in [3.63, 3.8) is 0 Å². The summed E-state index contributed by atoms with van der Waals surface area (Å²) >= 11 is 0. The van der Waals surface area contributed by atoms with Gasteiger partial charge in [0.15, 0.2) is 5.82 Å². The Morgan fingerprint density at radius 3 is 2.50 bits per heavy atom. The van der Waals surface area contributed by atoms with E-state index in [9.17, 15) is 9.59 Å². The highest BCUT2D eigenvalue weighted by Gasteiger charge is 2.35. The molecule has 1 saturated heterocycles. The van der Waals surface area contributed by atoms with Crippen molar-refractivity contribution in [3.05, 3.63) is 18.5 Å². The van der Waals surface area contributed by atoms with Gasteiger partial charge in [-0.2, -0.15) is 0 Å². The number of aromatic nitrogens is 4. The molecule has 2 amide bonds. The van der Waals surface area contributed by atoms with Crippen LogP contribution in [0, 0.1) is 5.92 Å². The van der Waals surface area contributed by atoms with E-state index in [0.29, 0.717) is 18.9 Å². The fourth-order valence-corrected chi connectivity index (χ4v) is 2.66. The zero-order chi connectivity index (χ0) is 18.1. The molecule has 1 fully saturated rings. The van der Waals surface area contributed by atoms with Crippen LogP contribution in [0.2, 0.25) is 0 Å². The van der Waals surface area contributed by atoms with Crippen LogP contribution in [0.15, 0.2) is 12.7 Å². The average molecular weight is 334 g/mol. The molecule has 0 saturated carbocycles. The van der Waals surface area contributed by atoms with Gasteiger partial charge in [-0.25, -0.2) is 4.68 Å². The molecule has 132 valence electrons. The fraction of sp³-hybridized carbons (Fsp3) is 0.688. The summed E-state index contributed by atoms with van der Waals surface area (Å²) in [6.07, 6.45) is 1.31. The van der Waals surface area contributed by atoms with E-state index in [-0.39, 0.29) is 29.2 Å². The number of carbonyl (C=O) groups is 2. The molecule has 1 aromatic heterocycles. The Labute approximate surface area is 142 Å². The van der Waals surface area contributed by atoms with Crippen LogP contribution in [0.1, 0.15) is 46.5 Å². The smallest absolute Gasteiger partial charge is 0.245 e. The van der Waals surface area contributed by atoms with Crippen LogP contribution in [0.5, 0.6) is 0 Å². The second-order valence-electron chi connectivity index (χ2n) is 7.38. The van der Waals surface area contributed by atoms with E-state index in [1.165, 1.54) is 6.08 Å². The molecule has 1 N–H and O–H groups in total. The minimum Gasteiger partial charge on any atom is -0.351 e. The van der Waals surface area contributed by atoms with E-state index in [2.05, 4.69) is 27.4 Å². The predicted octanol–water partition coefficient (Wildman–Crippen LogP) is 0.681. The minimum absolute atomic E-state index is 0.0246. The van der Waals surface area contributed by atoms with Gasteiger partial charge in [-0.3, -0.25) is 9.59 Å². The lowest BCUT2D eigenvalue weighted by Gasteiger charge is -2.42. The summed E-state index contributed by atoms with van der Waals surface area (Å²) < 4.78 is 1.57. The minimum atomic E-state index is -0.498. The molecule has 24 heavy (non-hydrogen) atoms. The molecule has 2 atom stereocenters. The van der Waals surface area contributed by atoms with Gasteiger partial charge in [0.2, 0.25) is 11.8 Å². The second kappa shape index (κ2) is 6.70. The molecule has 1 aromatic rings. The number of rotatable bonds is 5. The van der Waals surface area contributed by atoms with E-state index in [4.69, 9.17) is 0 Å². The third kappa shape index (κ3) is 3.63. The van der Waals surface area contributed by atoms with Crippen molar-refractivity contribution in [2.24, 2.45) is 5.92 Å². The van der Waals surface area contributed by atoms with Gasteiger partial charge in [0.25, 0.3) is 0 Å². The lowest BCUT2D eigenvalue weighted by Crippen LogP contribution is -2.57. The number of nitrogens with one attached hydrogen (secondary N) is 1. The fourth-order valence-electron chi connectivity index (χ4n) is 2.66. The van der Waals surface area contributed by atoms with Crippen molar-refractivity contribution >= 4 is 11.8 Å². The maximum atomic E-state index is 12.5. The lowest BCUT2D eigenvalue weighted by atomic mass is 9.92. The van der Waals surface area contributed by atoms with Crippen LogP contribution in [0.25, 0.3) is 0 Å².